The van der Waals surface area contributed by atoms with E-state index in [2.05, 4.69) is 16.0 Å². The van der Waals surface area contributed by atoms with Crippen LogP contribution in [0.3, 0.4) is 0 Å². The van der Waals surface area contributed by atoms with Gasteiger partial charge >= 0.3 is 0 Å². The first-order valence-corrected chi connectivity index (χ1v) is 6.09. The molecule has 2 amide bonds. The minimum Gasteiger partial charge on any atom is -0.376 e. The molecule has 0 saturated carbocycles. The summed E-state index contributed by atoms with van der Waals surface area (Å²) in [7, 11) is 0. The second-order valence-electron chi connectivity index (χ2n) is 4.33. The monoisotopic (exact) mass is 247 g/mol. The fraction of sp³-hybridized carbons (Fsp3) is 0.385. The van der Waals surface area contributed by atoms with Crippen molar-refractivity contribution in [3.63, 3.8) is 0 Å². The molecule has 5 nitrogen and oxygen atoms in total. The lowest BCUT2D eigenvalue weighted by Crippen LogP contribution is -2.40. The van der Waals surface area contributed by atoms with Crippen LogP contribution in [0, 0.1) is 0 Å². The van der Waals surface area contributed by atoms with Gasteiger partial charge in [-0.3, -0.25) is 9.59 Å². The van der Waals surface area contributed by atoms with Crippen molar-refractivity contribution in [2.24, 2.45) is 0 Å². The van der Waals surface area contributed by atoms with E-state index in [4.69, 9.17) is 0 Å². The topological polar surface area (TPSA) is 70.2 Å². The van der Waals surface area contributed by atoms with E-state index < -0.39 is 0 Å². The fourth-order valence-corrected chi connectivity index (χ4v) is 1.87. The van der Waals surface area contributed by atoms with Crippen LogP contribution in [0.1, 0.15) is 12.8 Å². The summed E-state index contributed by atoms with van der Waals surface area (Å²) in [6.45, 7) is 0.742. The number of carbonyl (C=O) groups is 2. The smallest absolute Gasteiger partial charge is 0.239 e. The minimum atomic E-state index is -0.0694. The predicted molar refractivity (Wildman–Crippen MR) is 69.1 cm³/mol. The summed E-state index contributed by atoms with van der Waals surface area (Å²) in [5, 5.41) is 8.64. The van der Waals surface area contributed by atoms with E-state index in [1.165, 1.54) is 0 Å². The first-order chi connectivity index (χ1) is 8.74. The highest BCUT2D eigenvalue weighted by atomic mass is 16.2. The molecule has 0 aliphatic carbocycles. The Hall–Kier alpha value is -2.04. The van der Waals surface area contributed by atoms with Gasteiger partial charge in [0.15, 0.2) is 0 Å². The van der Waals surface area contributed by atoms with Crippen molar-refractivity contribution in [1.82, 2.24) is 10.6 Å². The van der Waals surface area contributed by atoms with Crippen molar-refractivity contribution in [1.29, 1.82) is 0 Å². The molecule has 1 aromatic carbocycles. The zero-order valence-electron chi connectivity index (χ0n) is 10.1. The number of amides is 2. The second-order valence-corrected chi connectivity index (χ2v) is 4.33. The second kappa shape index (κ2) is 6.05. The van der Waals surface area contributed by atoms with E-state index in [-0.39, 0.29) is 24.4 Å². The van der Waals surface area contributed by atoms with Gasteiger partial charge < -0.3 is 16.0 Å². The van der Waals surface area contributed by atoms with E-state index in [1.54, 1.807) is 0 Å². The molecule has 18 heavy (non-hydrogen) atoms. The average molecular weight is 247 g/mol. The van der Waals surface area contributed by atoms with Crippen LogP contribution in [-0.4, -0.2) is 30.9 Å². The molecular weight excluding hydrogens is 230 g/mol. The zero-order chi connectivity index (χ0) is 12.8. The molecule has 5 heteroatoms. The molecule has 1 aliphatic heterocycles. The van der Waals surface area contributed by atoms with Gasteiger partial charge in [0.1, 0.15) is 0 Å². The number of nitrogens with one attached hydrogen (secondary N) is 3. The summed E-state index contributed by atoms with van der Waals surface area (Å²) >= 11 is 0. The van der Waals surface area contributed by atoms with Gasteiger partial charge in [0.25, 0.3) is 0 Å². The third kappa shape index (κ3) is 3.76. The first kappa shape index (κ1) is 12.4. The SMILES string of the molecule is O=C(CNc1ccccc1)NCC1CCC(=O)N1. The molecule has 3 N–H and O–H groups in total. The van der Waals surface area contributed by atoms with Crippen molar-refractivity contribution in [3.8, 4) is 0 Å². The Morgan fingerprint density at radius 1 is 1.33 bits per heavy atom. The van der Waals surface area contributed by atoms with Crippen molar-refractivity contribution in [2.45, 2.75) is 18.9 Å². The lowest BCUT2D eigenvalue weighted by molar-refractivity contribution is -0.121. The van der Waals surface area contributed by atoms with Gasteiger partial charge in [-0.25, -0.2) is 0 Å². The molecule has 0 radical (unpaired) electrons. The number of carbonyl (C=O) groups excluding carboxylic acids is 2. The van der Waals surface area contributed by atoms with Crippen LogP contribution >= 0.6 is 0 Å². The van der Waals surface area contributed by atoms with Crippen LogP contribution in [0.4, 0.5) is 5.69 Å². The largest absolute Gasteiger partial charge is 0.376 e. The standard InChI is InChI=1S/C13H17N3O2/c17-12-7-6-11(16-12)8-15-13(18)9-14-10-4-2-1-3-5-10/h1-5,11,14H,6-9H2,(H,15,18)(H,16,17). The highest BCUT2D eigenvalue weighted by Crippen LogP contribution is 2.05. The highest BCUT2D eigenvalue weighted by molar-refractivity contribution is 5.81. The molecule has 2 rings (SSSR count). The molecule has 0 spiro atoms. The molecule has 1 unspecified atom stereocenters. The van der Waals surface area contributed by atoms with Crippen LogP contribution in [-0.2, 0) is 9.59 Å². The number of anilines is 1. The van der Waals surface area contributed by atoms with Gasteiger partial charge in [-0.2, -0.15) is 0 Å². The molecule has 1 saturated heterocycles. The van der Waals surface area contributed by atoms with Gasteiger partial charge in [0, 0.05) is 24.7 Å². The normalized spacial score (nSPS) is 18.2. The summed E-state index contributed by atoms with van der Waals surface area (Å²) in [5.74, 6) is -0.00309. The number of para-hydroxylation sites is 1. The molecule has 1 heterocycles. The van der Waals surface area contributed by atoms with Gasteiger partial charge in [-0.1, -0.05) is 18.2 Å². The quantitative estimate of drug-likeness (QED) is 0.709. The van der Waals surface area contributed by atoms with E-state index in [9.17, 15) is 9.59 Å². The molecule has 1 aliphatic rings. The molecule has 1 fully saturated rings. The molecule has 0 bridgehead atoms. The van der Waals surface area contributed by atoms with Crippen LogP contribution in [0.5, 0.6) is 0 Å². The Balaban J connectivity index is 1.65. The van der Waals surface area contributed by atoms with Crippen LogP contribution in [0.25, 0.3) is 0 Å². The lowest BCUT2D eigenvalue weighted by atomic mass is 10.2. The van der Waals surface area contributed by atoms with Crippen molar-refractivity contribution >= 4 is 17.5 Å². The molecular formula is C13H17N3O2. The lowest BCUT2D eigenvalue weighted by Gasteiger charge is -2.12. The maximum atomic E-state index is 11.6. The van der Waals surface area contributed by atoms with E-state index in [0.717, 1.165) is 12.1 Å². The molecule has 96 valence electrons. The van der Waals surface area contributed by atoms with Crippen LogP contribution in [0.15, 0.2) is 30.3 Å². The van der Waals surface area contributed by atoms with Crippen molar-refractivity contribution in [3.05, 3.63) is 30.3 Å². The van der Waals surface area contributed by atoms with Gasteiger partial charge in [0.2, 0.25) is 11.8 Å². The third-order valence-corrected chi connectivity index (χ3v) is 2.86. The maximum Gasteiger partial charge on any atom is 0.239 e. The zero-order valence-corrected chi connectivity index (χ0v) is 10.1. The molecule has 1 atom stereocenters. The number of hydrogen-bond acceptors (Lipinski definition) is 3. The Morgan fingerprint density at radius 2 is 2.11 bits per heavy atom. The Kier molecular flexibility index (Phi) is 4.17. The van der Waals surface area contributed by atoms with Crippen LogP contribution in [0.2, 0.25) is 0 Å². The first-order valence-electron chi connectivity index (χ1n) is 6.09. The number of benzene rings is 1. The summed E-state index contributed by atoms with van der Waals surface area (Å²) in [6.07, 6.45) is 1.36. The average Bonchev–Trinajstić information content (AvgIpc) is 2.81. The third-order valence-electron chi connectivity index (χ3n) is 2.86. The number of rotatable bonds is 5. The molecule has 1 aromatic rings. The molecule has 0 aromatic heterocycles. The minimum absolute atomic E-state index is 0.0664. The van der Waals surface area contributed by atoms with Gasteiger partial charge in [-0.15, -0.1) is 0 Å². The highest BCUT2D eigenvalue weighted by Gasteiger charge is 2.20. The van der Waals surface area contributed by atoms with E-state index in [1.807, 2.05) is 30.3 Å². The van der Waals surface area contributed by atoms with Gasteiger partial charge in [-0.05, 0) is 18.6 Å². The summed E-state index contributed by atoms with van der Waals surface area (Å²) in [4.78, 5) is 22.5. The van der Waals surface area contributed by atoms with E-state index in [0.29, 0.717) is 13.0 Å². The summed E-state index contributed by atoms with van der Waals surface area (Å²) in [6, 6.07) is 9.64. The summed E-state index contributed by atoms with van der Waals surface area (Å²) < 4.78 is 0. The Morgan fingerprint density at radius 3 is 2.78 bits per heavy atom. The maximum absolute atomic E-state index is 11.6. The van der Waals surface area contributed by atoms with Gasteiger partial charge in [0.05, 0.1) is 6.54 Å². The van der Waals surface area contributed by atoms with E-state index >= 15 is 0 Å². The fourth-order valence-electron chi connectivity index (χ4n) is 1.87. The van der Waals surface area contributed by atoms with Crippen molar-refractivity contribution < 1.29 is 9.59 Å². The number of hydrogen-bond donors (Lipinski definition) is 3. The Labute approximate surface area is 106 Å². The Bertz CT molecular complexity index is 420. The van der Waals surface area contributed by atoms with Crippen molar-refractivity contribution in [2.75, 3.05) is 18.4 Å². The summed E-state index contributed by atoms with van der Waals surface area (Å²) in [5.41, 5.74) is 0.918. The predicted octanol–water partition coefficient (Wildman–Crippen LogP) is 0.493. The van der Waals surface area contributed by atoms with Crippen LogP contribution < -0.4 is 16.0 Å².